The topological polar surface area (TPSA) is 63.7 Å². The van der Waals surface area contributed by atoms with Gasteiger partial charge in [0.2, 0.25) is 11.8 Å². The molecule has 21 heavy (non-hydrogen) atoms. The summed E-state index contributed by atoms with van der Waals surface area (Å²) in [6.07, 6.45) is 0.0636. The van der Waals surface area contributed by atoms with Crippen molar-refractivity contribution in [1.29, 1.82) is 0 Å². The normalized spacial score (nSPS) is 18.2. The van der Waals surface area contributed by atoms with Crippen molar-refractivity contribution in [1.82, 2.24) is 0 Å². The first-order chi connectivity index (χ1) is 10.0. The summed E-state index contributed by atoms with van der Waals surface area (Å²) in [5, 5.41) is -0.228. The van der Waals surface area contributed by atoms with E-state index in [1.807, 2.05) is 0 Å². The molecule has 1 aliphatic rings. The highest BCUT2D eigenvalue weighted by Gasteiger charge is 2.40. The van der Waals surface area contributed by atoms with Gasteiger partial charge in [0.1, 0.15) is 0 Å². The number of imide groups is 1. The van der Waals surface area contributed by atoms with E-state index in [4.69, 9.17) is 16.3 Å². The van der Waals surface area contributed by atoms with Crippen molar-refractivity contribution in [3.05, 3.63) is 29.3 Å². The molecule has 0 spiro atoms. The Morgan fingerprint density at radius 2 is 2.14 bits per heavy atom. The molecule has 1 atom stereocenters. The van der Waals surface area contributed by atoms with Crippen molar-refractivity contribution < 1.29 is 19.1 Å². The third-order valence-corrected chi connectivity index (χ3v) is 4.40. The van der Waals surface area contributed by atoms with Crippen molar-refractivity contribution >= 4 is 46.8 Å². The Hall–Kier alpha value is -1.53. The maximum atomic E-state index is 12.3. The molecule has 7 heteroatoms. The van der Waals surface area contributed by atoms with Gasteiger partial charge in [-0.25, -0.2) is 4.90 Å². The SMILES string of the molecule is CCOC(=O)CSC1CC(=O)N(c2ccccc2Cl)C1=O. The van der Waals surface area contributed by atoms with E-state index >= 15 is 0 Å². The summed E-state index contributed by atoms with van der Waals surface area (Å²) in [5.74, 6) is -0.996. The van der Waals surface area contributed by atoms with Crippen LogP contribution in [0.1, 0.15) is 13.3 Å². The molecule has 1 aromatic carbocycles. The molecule has 1 saturated heterocycles. The molecule has 0 aromatic heterocycles. The molecule has 1 fully saturated rings. The van der Waals surface area contributed by atoms with Crippen LogP contribution in [0.15, 0.2) is 24.3 Å². The van der Waals surface area contributed by atoms with Crippen molar-refractivity contribution in [2.24, 2.45) is 0 Å². The van der Waals surface area contributed by atoms with E-state index in [0.29, 0.717) is 17.3 Å². The highest BCUT2D eigenvalue weighted by atomic mass is 35.5. The number of halogens is 1. The minimum atomic E-state index is -0.571. The fourth-order valence-corrected chi connectivity index (χ4v) is 3.14. The molecular formula is C14H14ClNO4S. The third-order valence-electron chi connectivity index (χ3n) is 2.91. The zero-order chi connectivity index (χ0) is 15.4. The number of esters is 1. The van der Waals surface area contributed by atoms with Crippen LogP contribution in [0.3, 0.4) is 0 Å². The number of thioether (sulfide) groups is 1. The summed E-state index contributed by atoms with van der Waals surface area (Å²) >= 11 is 7.14. The molecule has 0 N–H and O–H groups in total. The molecule has 112 valence electrons. The summed E-state index contributed by atoms with van der Waals surface area (Å²) in [6, 6.07) is 6.68. The van der Waals surface area contributed by atoms with Crippen molar-refractivity contribution in [3.8, 4) is 0 Å². The Balaban J connectivity index is 2.07. The quantitative estimate of drug-likeness (QED) is 0.613. The van der Waals surface area contributed by atoms with Gasteiger partial charge >= 0.3 is 5.97 Å². The lowest BCUT2D eigenvalue weighted by atomic mass is 10.3. The van der Waals surface area contributed by atoms with Gasteiger partial charge in [-0.05, 0) is 19.1 Å². The molecule has 5 nitrogen and oxygen atoms in total. The van der Waals surface area contributed by atoms with Gasteiger partial charge in [0.25, 0.3) is 0 Å². The molecule has 0 saturated carbocycles. The summed E-state index contributed by atoms with van der Waals surface area (Å²) in [7, 11) is 0. The van der Waals surface area contributed by atoms with Gasteiger partial charge in [0.15, 0.2) is 0 Å². The zero-order valence-electron chi connectivity index (χ0n) is 11.4. The Bertz CT molecular complexity index is 578. The van der Waals surface area contributed by atoms with E-state index in [1.54, 1.807) is 31.2 Å². The van der Waals surface area contributed by atoms with Crippen LogP contribution < -0.4 is 4.90 Å². The number of rotatable bonds is 5. The average Bonchev–Trinajstić information content (AvgIpc) is 2.73. The molecule has 0 aliphatic carbocycles. The average molecular weight is 328 g/mol. The number of ether oxygens (including phenoxy) is 1. The second-order valence-electron chi connectivity index (χ2n) is 4.33. The van der Waals surface area contributed by atoms with E-state index in [9.17, 15) is 14.4 Å². The first-order valence-corrected chi connectivity index (χ1v) is 7.85. The standard InChI is InChI=1S/C14H14ClNO4S/c1-2-20-13(18)8-21-11-7-12(17)16(14(11)19)10-6-4-3-5-9(10)15/h3-6,11H,2,7-8H2,1H3. The van der Waals surface area contributed by atoms with E-state index in [0.717, 1.165) is 16.7 Å². The van der Waals surface area contributed by atoms with Gasteiger partial charge in [0.05, 0.1) is 28.3 Å². The Kier molecular flexibility index (Phi) is 5.25. The van der Waals surface area contributed by atoms with Gasteiger partial charge < -0.3 is 4.74 Å². The van der Waals surface area contributed by atoms with E-state index in [1.165, 1.54) is 0 Å². The Morgan fingerprint density at radius 1 is 1.43 bits per heavy atom. The summed E-state index contributed by atoms with van der Waals surface area (Å²) in [4.78, 5) is 36.8. The maximum absolute atomic E-state index is 12.3. The largest absolute Gasteiger partial charge is 0.465 e. The second-order valence-corrected chi connectivity index (χ2v) is 5.93. The number of carbonyl (C=O) groups excluding carboxylic acids is 3. The number of para-hydroxylation sites is 1. The van der Waals surface area contributed by atoms with Crippen LogP contribution in [0, 0.1) is 0 Å². The third kappa shape index (κ3) is 3.57. The van der Waals surface area contributed by atoms with E-state index < -0.39 is 5.25 Å². The smallest absolute Gasteiger partial charge is 0.315 e. The number of hydrogen-bond donors (Lipinski definition) is 0. The Morgan fingerprint density at radius 3 is 2.81 bits per heavy atom. The Labute approximate surface area is 131 Å². The van der Waals surface area contributed by atoms with Crippen LogP contribution in [0.4, 0.5) is 5.69 Å². The highest BCUT2D eigenvalue weighted by molar-refractivity contribution is 8.01. The first kappa shape index (κ1) is 15.9. The van der Waals surface area contributed by atoms with Crippen molar-refractivity contribution in [3.63, 3.8) is 0 Å². The highest BCUT2D eigenvalue weighted by Crippen LogP contribution is 2.33. The van der Waals surface area contributed by atoms with Crippen LogP contribution in [0.2, 0.25) is 5.02 Å². The molecule has 1 aliphatic heterocycles. The molecule has 1 heterocycles. The van der Waals surface area contributed by atoms with Gasteiger partial charge in [0, 0.05) is 6.42 Å². The van der Waals surface area contributed by atoms with Gasteiger partial charge in [-0.15, -0.1) is 11.8 Å². The van der Waals surface area contributed by atoms with Gasteiger partial charge in [-0.3, -0.25) is 14.4 Å². The number of amides is 2. The lowest BCUT2D eigenvalue weighted by molar-refractivity contribution is -0.139. The summed E-state index contributed by atoms with van der Waals surface area (Å²) < 4.78 is 4.80. The molecule has 1 aromatic rings. The summed E-state index contributed by atoms with van der Waals surface area (Å²) in [6.45, 7) is 2.01. The van der Waals surface area contributed by atoms with E-state index in [2.05, 4.69) is 0 Å². The molecule has 0 radical (unpaired) electrons. The molecule has 0 bridgehead atoms. The zero-order valence-corrected chi connectivity index (χ0v) is 12.9. The number of benzene rings is 1. The van der Waals surface area contributed by atoms with Gasteiger partial charge in [-0.2, -0.15) is 0 Å². The number of carbonyl (C=O) groups is 3. The molecule has 2 amide bonds. The van der Waals surface area contributed by atoms with E-state index in [-0.39, 0.29) is 30.0 Å². The second kappa shape index (κ2) is 6.95. The van der Waals surface area contributed by atoms with Crippen LogP contribution in [-0.4, -0.2) is 35.4 Å². The van der Waals surface area contributed by atoms with Crippen LogP contribution in [0.5, 0.6) is 0 Å². The number of nitrogens with zero attached hydrogens (tertiary/aromatic N) is 1. The van der Waals surface area contributed by atoms with Crippen molar-refractivity contribution in [2.45, 2.75) is 18.6 Å². The predicted molar refractivity (Wildman–Crippen MR) is 81.4 cm³/mol. The molecular weight excluding hydrogens is 314 g/mol. The van der Waals surface area contributed by atoms with Crippen LogP contribution in [0.25, 0.3) is 0 Å². The monoisotopic (exact) mass is 327 g/mol. The lowest BCUT2D eigenvalue weighted by Gasteiger charge is -2.16. The number of hydrogen-bond acceptors (Lipinski definition) is 5. The number of anilines is 1. The first-order valence-electron chi connectivity index (χ1n) is 6.43. The van der Waals surface area contributed by atoms with Crippen LogP contribution >= 0.6 is 23.4 Å². The molecule has 1 unspecified atom stereocenters. The summed E-state index contributed by atoms with van der Waals surface area (Å²) in [5.41, 5.74) is 0.383. The fraction of sp³-hybridized carbons (Fsp3) is 0.357. The lowest BCUT2D eigenvalue weighted by Crippen LogP contribution is -2.31. The molecule has 2 rings (SSSR count). The van der Waals surface area contributed by atoms with Gasteiger partial charge in [-0.1, -0.05) is 23.7 Å². The van der Waals surface area contributed by atoms with Crippen LogP contribution in [-0.2, 0) is 19.1 Å². The minimum Gasteiger partial charge on any atom is -0.465 e. The van der Waals surface area contributed by atoms with Crippen molar-refractivity contribution in [2.75, 3.05) is 17.3 Å². The predicted octanol–water partition coefficient (Wildman–Crippen LogP) is 2.27. The maximum Gasteiger partial charge on any atom is 0.315 e. The minimum absolute atomic E-state index is 0.0495. The fourth-order valence-electron chi connectivity index (χ4n) is 1.99.